The van der Waals surface area contributed by atoms with Crippen LogP contribution in [0.25, 0.3) is 0 Å². The first-order valence-electron chi connectivity index (χ1n) is 7.80. The molecule has 1 unspecified atom stereocenters. The number of rotatable bonds is 8. The summed E-state index contributed by atoms with van der Waals surface area (Å²) in [6.07, 6.45) is 4.00. The summed E-state index contributed by atoms with van der Waals surface area (Å²) < 4.78 is 13.0. The Morgan fingerprint density at radius 2 is 2.24 bits per heavy atom. The first kappa shape index (κ1) is 16.3. The largest absolute Gasteiger partial charge is 0.393 e. The molecule has 0 aliphatic heterocycles. The van der Waals surface area contributed by atoms with Crippen molar-refractivity contribution < 1.29 is 9.50 Å². The van der Waals surface area contributed by atoms with E-state index in [4.69, 9.17) is 0 Å². The lowest BCUT2D eigenvalue weighted by molar-refractivity contribution is 0.0279. The SMILES string of the molecule is CCNC(CCN(C)CC1CC(O)C1)c1ccc(F)cn1. The Bertz CT molecular complexity index is 420. The van der Waals surface area contributed by atoms with E-state index in [1.165, 1.54) is 12.3 Å². The van der Waals surface area contributed by atoms with Crippen LogP contribution in [-0.4, -0.2) is 47.8 Å². The Morgan fingerprint density at radius 3 is 2.81 bits per heavy atom. The predicted octanol–water partition coefficient (Wildman–Crippen LogP) is 1.96. The van der Waals surface area contributed by atoms with Crippen LogP contribution in [0.2, 0.25) is 0 Å². The first-order valence-corrected chi connectivity index (χ1v) is 7.80. The summed E-state index contributed by atoms with van der Waals surface area (Å²) in [5.74, 6) is 0.334. The number of nitrogens with zero attached hydrogens (tertiary/aromatic N) is 2. The molecular formula is C16H26FN3O. The Morgan fingerprint density at radius 1 is 1.48 bits per heavy atom. The summed E-state index contributed by atoms with van der Waals surface area (Å²) in [7, 11) is 2.12. The van der Waals surface area contributed by atoms with Gasteiger partial charge in [0.1, 0.15) is 5.82 Å². The fourth-order valence-corrected chi connectivity index (χ4v) is 2.93. The molecule has 1 fully saturated rings. The lowest BCUT2D eigenvalue weighted by Gasteiger charge is -2.34. The average Bonchev–Trinajstić information content (AvgIpc) is 2.43. The summed E-state index contributed by atoms with van der Waals surface area (Å²) in [6, 6.07) is 3.38. The van der Waals surface area contributed by atoms with Gasteiger partial charge in [0.25, 0.3) is 0 Å². The summed E-state index contributed by atoms with van der Waals surface area (Å²) in [5.41, 5.74) is 0.894. The molecule has 21 heavy (non-hydrogen) atoms. The van der Waals surface area contributed by atoms with Crippen molar-refractivity contribution in [3.8, 4) is 0 Å². The second kappa shape index (κ2) is 7.82. The van der Waals surface area contributed by atoms with E-state index in [9.17, 15) is 9.50 Å². The van der Waals surface area contributed by atoms with Crippen molar-refractivity contribution in [1.82, 2.24) is 15.2 Å². The maximum atomic E-state index is 13.0. The highest BCUT2D eigenvalue weighted by atomic mass is 19.1. The molecule has 5 heteroatoms. The van der Waals surface area contributed by atoms with Gasteiger partial charge in [-0.3, -0.25) is 4.98 Å². The van der Waals surface area contributed by atoms with Gasteiger partial charge in [0.15, 0.2) is 0 Å². The Balaban J connectivity index is 1.80. The summed E-state index contributed by atoms with van der Waals surface area (Å²) in [6.45, 7) is 4.92. The van der Waals surface area contributed by atoms with Crippen LogP contribution < -0.4 is 5.32 Å². The lowest BCUT2D eigenvalue weighted by Crippen LogP contribution is -2.38. The van der Waals surface area contributed by atoms with Crippen LogP contribution in [0.1, 0.15) is 37.9 Å². The zero-order valence-corrected chi connectivity index (χ0v) is 12.9. The van der Waals surface area contributed by atoms with Crippen LogP contribution in [0, 0.1) is 11.7 Å². The molecule has 1 saturated carbocycles. The van der Waals surface area contributed by atoms with Gasteiger partial charge in [0.05, 0.1) is 24.0 Å². The molecule has 4 nitrogen and oxygen atoms in total. The van der Waals surface area contributed by atoms with E-state index in [1.807, 2.05) is 0 Å². The number of hydrogen-bond donors (Lipinski definition) is 2. The van der Waals surface area contributed by atoms with E-state index in [0.29, 0.717) is 5.92 Å². The zero-order valence-electron chi connectivity index (χ0n) is 12.9. The van der Waals surface area contributed by atoms with E-state index in [2.05, 4.69) is 29.2 Å². The molecule has 0 saturated heterocycles. The van der Waals surface area contributed by atoms with Gasteiger partial charge in [-0.25, -0.2) is 4.39 Å². The van der Waals surface area contributed by atoms with Crippen LogP contribution in [-0.2, 0) is 0 Å². The number of halogens is 1. The molecule has 1 atom stereocenters. The average molecular weight is 295 g/mol. The van der Waals surface area contributed by atoms with Gasteiger partial charge in [-0.05, 0) is 57.5 Å². The lowest BCUT2D eigenvalue weighted by atomic mass is 9.82. The molecule has 0 radical (unpaired) electrons. The second-order valence-electron chi connectivity index (χ2n) is 6.05. The minimum Gasteiger partial charge on any atom is -0.393 e. The Hall–Kier alpha value is -1.04. The molecule has 2 N–H and O–H groups in total. The molecule has 2 rings (SSSR count). The van der Waals surface area contributed by atoms with Crippen molar-refractivity contribution in [3.63, 3.8) is 0 Å². The van der Waals surface area contributed by atoms with Gasteiger partial charge in [-0.1, -0.05) is 6.92 Å². The van der Waals surface area contributed by atoms with Gasteiger partial charge in [-0.2, -0.15) is 0 Å². The maximum absolute atomic E-state index is 13.0. The third-order valence-electron chi connectivity index (χ3n) is 4.14. The van der Waals surface area contributed by atoms with Crippen LogP contribution in [0.5, 0.6) is 0 Å². The highest BCUT2D eigenvalue weighted by Crippen LogP contribution is 2.27. The van der Waals surface area contributed by atoms with Gasteiger partial charge in [-0.15, -0.1) is 0 Å². The standard InChI is InChI=1S/C16H26FN3O/c1-3-18-16(15-5-4-13(17)10-19-15)6-7-20(2)11-12-8-14(21)9-12/h4-5,10,12,14,16,18,21H,3,6-9,11H2,1-2H3. The molecule has 1 aromatic heterocycles. The molecule has 0 aromatic carbocycles. The fraction of sp³-hybridized carbons (Fsp3) is 0.688. The van der Waals surface area contributed by atoms with Crippen molar-refractivity contribution in [2.45, 2.75) is 38.3 Å². The summed E-state index contributed by atoms with van der Waals surface area (Å²) in [5, 5.41) is 12.7. The monoisotopic (exact) mass is 295 g/mol. The number of aromatic nitrogens is 1. The predicted molar refractivity (Wildman–Crippen MR) is 81.5 cm³/mol. The molecule has 1 aliphatic rings. The minimum atomic E-state index is -0.297. The van der Waals surface area contributed by atoms with E-state index in [1.54, 1.807) is 6.07 Å². The highest BCUT2D eigenvalue weighted by Gasteiger charge is 2.27. The minimum absolute atomic E-state index is 0.0821. The molecule has 1 heterocycles. The number of pyridine rings is 1. The van der Waals surface area contributed by atoms with Crippen LogP contribution in [0.4, 0.5) is 4.39 Å². The number of hydrogen-bond acceptors (Lipinski definition) is 4. The molecule has 0 amide bonds. The molecule has 118 valence electrons. The van der Waals surface area contributed by atoms with E-state index < -0.39 is 0 Å². The molecular weight excluding hydrogens is 269 g/mol. The second-order valence-corrected chi connectivity index (χ2v) is 6.05. The van der Waals surface area contributed by atoms with Crippen molar-refractivity contribution in [1.29, 1.82) is 0 Å². The number of aliphatic hydroxyl groups excluding tert-OH is 1. The van der Waals surface area contributed by atoms with E-state index in [-0.39, 0.29) is 18.0 Å². The van der Waals surface area contributed by atoms with Gasteiger partial charge in [0, 0.05) is 6.54 Å². The molecule has 1 aliphatic carbocycles. The summed E-state index contributed by atoms with van der Waals surface area (Å²) >= 11 is 0. The quantitative estimate of drug-likeness (QED) is 0.770. The van der Waals surface area contributed by atoms with Crippen molar-refractivity contribution in [3.05, 3.63) is 29.8 Å². The smallest absolute Gasteiger partial charge is 0.141 e. The number of aliphatic hydroxyl groups is 1. The molecule has 0 bridgehead atoms. The first-order chi connectivity index (χ1) is 10.1. The third kappa shape index (κ3) is 5.02. The normalized spacial score (nSPS) is 23.1. The van der Waals surface area contributed by atoms with Crippen LogP contribution in [0.3, 0.4) is 0 Å². The Kier molecular flexibility index (Phi) is 6.08. The van der Waals surface area contributed by atoms with E-state index in [0.717, 1.165) is 44.6 Å². The summed E-state index contributed by atoms with van der Waals surface area (Å²) in [4.78, 5) is 6.49. The Labute approximate surface area is 126 Å². The molecule has 1 aromatic rings. The van der Waals surface area contributed by atoms with Crippen molar-refractivity contribution in [2.75, 3.05) is 26.7 Å². The van der Waals surface area contributed by atoms with Crippen molar-refractivity contribution >= 4 is 0 Å². The number of nitrogens with one attached hydrogen (secondary N) is 1. The third-order valence-corrected chi connectivity index (χ3v) is 4.14. The fourth-order valence-electron chi connectivity index (χ4n) is 2.93. The molecule has 0 spiro atoms. The zero-order chi connectivity index (χ0) is 15.2. The van der Waals surface area contributed by atoms with Crippen LogP contribution in [0.15, 0.2) is 18.3 Å². The van der Waals surface area contributed by atoms with Crippen molar-refractivity contribution in [2.24, 2.45) is 5.92 Å². The topological polar surface area (TPSA) is 48.4 Å². The van der Waals surface area contributed by atoms with Crippen LogP contribution >= 0.6 is 0 Å². The van der Waals surface area contributed by atoms with E-state index >= 15 is 0 Å². The highest BCUT2D eigenvalue weighted by molar-refractivity contribution is 5.10. The maximum Gasteiger partial charge on any atom is 0.141 e. The van der Waals surface area contributed by atoms with Gasteiger partial charge >= 0.3 is 0 Å². The van der Waals surface area contributed by atoms with Gasteiger partial charge < -0.3 is 15.3 Å². The van der Waals surface area contributed by atoms with Gasteiger partial charge in [0.2, 0.25) is 0 Å².